The number of rotatable bonds is 0. The third-order valence-electron chi connectivity index (χ3n) is 1.50. The Hall–Kier alpha value is -1.06. The summed E-state index contributed by atoms with van der Waals surface area (Å²) in [6, 6.07) is 0. The molecule has 1 heterocycles. The monoisotopic (exact) mass is 142 g/mol. The van der Waals surface area contributed by atoms with Crippen molar-refractivity contribution in [1.82, 2.24) is 4.90 Å². The average Bonchev–Trinajstić information content (AvgIpc) is 1.95. The summed E-state index contributed by atoms with van der Waals surface area (Å²) in [5.74, 6) is -1.47. The molecule has 4 heteroatoms. The van der Waals surface area contributed by atoms with E-state index in [1.54, 1.807) is 6.92 Å². The molecule has 0 aromatic carbocycles. The SMILES string of the molecule is [CH2]C1(C)OC(=O)C(=O)N1C. The molecule has 0 N–H and O–H groups in total. The Labute approximate surface area is 58.8 Å². The number of carbonyl (C=O) groups is 2. The van der Waals surface area contributed by atoms with E-state index in [-0.39, 0.29) is 0 Å². The Morgan fingerprint density at radius 2 is 2.10 bits per heavy atom. The van der Waals surface area contributed by atoms with Crippen molar-refractivity contribution in [1.29, 1.82) is 0 Å². The van der Waals surface area contributed by atoms with Crippen LogP contribution in [0.2, 0.25) is 0 Å². The lowest BCUT2D eigenvalue weighted by molar-refractivity contribution is -0.150. The molecular formula is C6H8NO3. The molecule has 1 aliphatic heterocycles. The maximum absolute atomic E-state index is 10.7. The molecule has 1 atom stereocenters. The van der Waals surface area contributed by atoms with Crippen LogP contribution in [0.5, 0.6) is 0 Å². The van der Waals surface area contributed by atoms with E-state index in [2.05, 4.69) is 11.7 Å². The summed E-state index contributed by atoms with van der Waals surface area (Å²) in [7, 11) is 1.47. The molecule has 0 saturated carbocycles. The molecule has 1 rings (SSSR count). The van der Waals surface area contributed by atoms with E-state index in [0.29, 0.717) is 0 Å². The van der Waals surface area contributed by atoms with Crippen LogP contribution in [-0.4, -0.2) is 29.5 Å². The molecule has 1 aliphatic rings. The third-order valence-corrected chi connectivity index (χ3v) is 1.50. The molecule has 0 aromatic heterocycles. The van der Waals surface area contributed by atoms with Crippen LogP contribution in [0.15, 0.2) is 0 Å². The van der Waals surface area contributed by atoms with Gasteiger partial charge in [0, 0.05) is 14.0 Å². The number of esters is 1. The molecule has 55 valence electrons. The summed E-state index contributed by atoms with van der Waals surface area (Å²) in [6.07, 6.45) is 0. The minimum absolute atomic E-state index is 0.641. The summed E-state index contributed by atoms with van der Waals surface area (Å²) in [4.78, 5) is 22.4. The van der Waals surface area contributed by atoms with Crippen molar-refractivity contribution in [2.75, 3.05) is 7.05 Å². The van der Waals surface area contributed by atoms with E-state index in [9.17, 15) is 9.59 Å². The molecule has 0 spiro atoms. The van der Waals surface area contributed by atoms with Crippen molar-refractivity contribution in [2.24, 2.45) is 0 Å². The Kier molecular flexibility index (Phi) is 1.21. The molecule has 10 heavy (non-hydrogen) atoms. The lowest BCUT2D eigenvalue weighted by Crippen LogP contribution is -2.38. The number of likely N-dealkylation sites (N-methyl/N-ethyl adjacent to an activating group) is 1. The van der Waals surface area contributed by atoms with Gasteiger partial charge in [-0.15, -0.1) is 0 Å². The molecular weight excluding hydrogens is 134 g/mol. The van der Waals surface area contributed by atoms with Crippen LogP contribution in [0.3, 0.4) is 0 Å². The number of hydrogen-bond donors (Lipinski definition) is 0. The van der Waals surface area contributed by atoms with E-state index in [0.717, 1.165) is 4.90 Å². The van der Waals surface area contributed by atoms with Crippen LogP contribution in [-0.2, 0) is 14.3 Å². The van der Waals surface area contributed by atoms with Crippen molar-refractivity contribution < 1.29 is 14.3 Å². The number of cyclic esters (lactones) is 1. The predicted molar refractivity (Wildman–Crippen MR) is 32.6 cm³/mol. The van der Waals surface area contributed by atoms with E-state index < -0.39 is 17.6 Å². The zero-order chi connectivity index (χ0) is 7.94. The summed E-state index contributed by atoms with van der Waals surface area (Å²) < 4.78 is 4.60. The van der Waals surface area contributed by atoms with Gasteiger partial charge in [-0.2, -0.15) is 0 Å². The molecule has 4 nitrogen and oxygen atoms in total. The molecule has 1 radical (unpaired) electrons. The zero-order valence-corrected chi connectivity index (χ0v) is 5.88. The molecule has 1 fully saturated rings. The number of amides is 1. The fourth-order valence-electron chi connectivity index (χ4n) is 0.664. The Bertz CT molecular complexity index is 197. The van der Waals surface area contributed by atoms with Crippen LogP contribution >= 0.6 is 0 Å². The fourth-order valence-corrected chi connectivity index (χ4v) is 0.664. The van der Waals surface area contributed by atoms with Crippen LogP contribution in [0.4, 0.5) is 0 Å². The second-order valence-electron chi connectivity index (χ2n) is 2.43. The van der Waals surface area contributed by atoms with Gasteiger partial charge in [0.1, 0.15) is 0 Å². The number of ether oxygens (including phenoxy) is 1. The van der Waals surface area contributed by atoms with Crippen LogP contribution in [0.1, 0.15) is 6.92 Å². The van der Waals surface area contributed by atoms with Gasteiger partial charge in [-0.25, -0.2) is 4.79 Å². The number of nitrogens with zero attached hydrogens (tertiary/aromatic N) is 1. The molecule has 1 unspecified atom stereocenters. The highest BCUT2D eigenvalue weighted by Crippen LogP contribution is 2.20. The van der Waals surface area contributed by atoms with Crippen LogP contribution in [0.25, 0.3) is 0 Å². The summed E-state index contributed by atoms with van der Waals surface area (Å²) in [5, 5.41) is 0. The minimum atomic E-state index is -1.02. The zero-order valence-electron chi connectivity index (χ0n) is 5.88. The van der Waals surface area contributed by atoms with Crippen molar-refractivity contribution in [3.8, 4) is 0 Å². The highest BCUT2D eigenvalue weighted by molar-refractivity contribution is 6.34. The minimum Gasteiger partial charge on any atom is -0.432 e. The molecule has 1 saturated heterocycles. The lowest BCUT2D eigenvalue weighted by atomic mass is 10.3. The van der Waals surface area contributed by atoms with Gasteiger partial charge >= 0.3 is 11.9 Å². The smallest absolute Gasteiger partial charge is 0.399 e. The molecule has 0 aliphatic carbocycles. The fraction of sp³-hybridized carbons (Fsp3) is 0.500. The van der Waals surface area contributed by atoms with Crippen molar-refractivity contribution >= 4 is 11.9 Å². The first kappa shape index (κ1) is 7.05. The topological polar surface area (TPSA) is 46.6 Å². The van der Waals surface area contributed by atoms with E-state index in [4.69, 9.17) is 0 Å². The highest BCUT2D eigenvalue weighted by Gasteiger charge is 2.43. The van der Waals surface area contributed by atoms with Gasteiger partial charge in [0.05, 0.1) is 0 Å². The van der Waals surface area contributed by atoms with E-state index in [1.165, 1.54) is 7.05 Å². The van der Waals surface area contributed by atoms with Crippen molar-refractivity contribution in [3.05, 3.63) is 6.92 Å². The first-order chi connectivity index (χ1) is 4.45. The molecule has 0 bridgehead atoms. The maximum Gasteiger partial charge on any atom is 0.399 e. The second-order valence-corrected chi connectivity index (χ2v) is 2.43. The quantitative estimate of drug-likeness (QED) is 0.340. The summed E-state index contributed by atoms with van der Waals surface area (Å²) in [6.45, 7) is 5.06. The number of hydrogen-bond acceptors (Lipinski definition) is 3. The first-order valence-electron chi connectivity index (χ1n) is 2.81. The van der Waals surface area contributed by atoms with Gasteiger partial charge in [0.15, 0.2) is 5.72 Å². The Balaban J connectivity index is 2.92. The maximum atomic E-state index is 10.7. The average molecular weight is 142 g/mol. The van der Waals surface area contributed by atoms with Crippen molar-refractivity contribution in [3.63, 3.8) is 0 Å². The predicted octanol–water partition coefficient (Wildman–Crippen LogP) is -0.448. The summed E-state index contributed by atoms with van der Waals surface area (Å²) in [5.41, 5.74) is -1.02. The van der Waals surface area contributed by atoms with Gasteiger partial charge in [-0.3, -0.25) is 9.69 Å². The first-order valence-corrected chi connectivity index (χ1v) is 2.81. The van der Waals surface area contributed by atoms with Crippen LogP contribution in [0, 0.1) is 6.92 Å². The van der Waals surface area contributed by atoms with Gasteiger partial charge in [-0.1, -0.05) is 0 Å². The van der Waals surface area contributed by atoms with Crippen molar-refractivity contribution in [2.45, 2.75) is 12.6 Å². The third kappa shape index (κ3) is 0.761. The highest BCUT2D eigenvalue weighted by atomic mass is 16.6. The Morgan fingerprint density at radius 3 is 2.20 bits per heavy atom. The molecule has 0 aromatic rings. The largest absolute Gasteiger partial charge is 0.432 e. The lowest BCUT2D eigenvalue weighted by Gasteiger charge is -2.23. The summed E-state index contributed by atoms with van der Waals surface area (Å²) >= 11 is 0. The molecule has 1 amide bonds. The van der Waals surface area contributed by atoms with Gasteiger partial charge in [0.2, 0.25) is 0 Å². The van der Waals surface area contributed by atoms with Gasteiger partial charge in [0.25, 0.3) is 0 Å². The standard InChI is InChI=1S/C6H8NO3/c1-6(2)7(3)4(8)5(9)10-6/h1H2,2-3H3. The number of carbonyl (C=O) groups excluding carboxylic acids is 2. The van der Waals surface area contributed by atoms with E-state index >= 15 is 0 Å². The van der Waals surface area contributed by atoms with Crippen LogP contribution < -0.4 is 0 Å². The van der Waals surface area contributed by atoms with E-state index in [1.807, 2.05) is 0 Å². The van der Waals surface area contributed by atoms with Gasteiger partial charge in [-0.05, 0) is 6.92 Å². The normalized spacial score (nSPS) is 23.3. The second kappa shape index (κ2) is 1.71. The Morgan fingerprint density at radius 1 is 1.60 bits per heavy atom. The van der Waals surface area contributed by atoms with Gasteiger partial charge < -0.3 is 4.74 Å².